The van der Waals surface area contributed by atoms with Crippen LogP contribution in [0.2, 0.25) is 0 Å². The fourth-order valence-electron chi connectivity index (χ4n) is 3.53. The zero-order chi connectivity index (χ0) is 19.1. The van der Waals surface area contributed by atoms with Gasteiger partial charge in [-0.15, -0.1) is 0 Å². The highest BCUT2D eigenvalue weighted by Crippen LogP contribution is 2.20. The number of rotatable bonds is 7. The maximum atomic E-state index is 12.6. The fourth-order valence-corrected chi connectivity index (χ4v) is 3.79. The number of carbonyl (C=O) groups excluding carboxylic acids is 1. The summed E-state index contributed by atoms with van der Waals surface area (Å²) in [6.07, 6.45) is 2.89. The molecule has 2 aromatic rings. The molecule has 3 rings (SSSR count). The number of carbonyl (C=O) groups is 1. The largest absolute Gasteiger partial charge is 0.497 e. The Morgan fingerprint density at radius 1 is 1.15 bits per heavy atom. The van der Waals surface area contributed by atoms with Gasteiger partial charge >= 0.3 is 0 Å². The normalized spacial score (nSPS) is 17.5. The number of hydrogen-bond donors (Lipinski definition) is 1. The predicted octanol–water partition coefficient (Wildman–Crippen LogP) is 4.03. The molecule has 4 nitrogen and oxygen atoms in total. The number of amides is 1. The van der Waals surface area contributed by atoms with Crippen LogP contribution in [0.3, 0.4) is 0 Å². The van der Waals surface area contributed by atoms with E-state index in [4.69, 9.17) is 4.74 Å². The second-order valence-corrected chi connectivity index (χ2v) is 8.01. The van der Waals surface area contributed by atoms with Crippen molar-refractivity contribution in [3.8, 4) is 5.75 Å². The summed E-state index contributed by atoms with van der Waals surface area (Å²) in [6.45, 7) is 3.48. The van der Waals surface area contributed by atoms with E-state index in [1.54, 1.807) is 7.11 Å². The van der Waals surface area contributed by atoms with Gasteiger partial charge in [0, 0.05) is 24.1 Å². The molecule has 5 heteroatoms. The van der Waals surface area contributed by atoms with Gasteiger partial charge in [-0.3, -0.25) is 9.69 Å². The second kappa shape index (κ2) is 9.90. The first-order chi connectivity index (χ1) is 13.1. The predicted molar refractivity (Wildman–Crippen MR) is 112 cm³/mol. The van der Waals surface area contributed by atoms with Crippen LogP contribution in [0.5, 0.6) is 5.75 Å². The van der Waals surface area contributed by atoms with Crippen molar-refractivity contribution < 1.29 is 9.53 Å². The first-order valence-electron chi connectivity index (χ1n) is 9.51. The minimum absolute atomic E-state index is 0.0880. The number of methoxy groups -OCH3 is 1. The van der Waals surface area contributed by atoms with Crippen molar-refractivity contribution in [1.82, 2.24) is 10.2 Å². The summed E-state index contributed by atoms with van der Waals surface area (Å²) in [5.41, 5.74) is 2.50. The maximum absolute atomic E-state index is 12.6. The molecule has 0 aromatic heterocycles. The molecule has 0 bridgehead atoms. The minimum atomic E-state index is 0.0880. The van der Waals surface area contributed by atoms with Crippen molar-refractivity contribution >= 4 is 21.8 Å². The number of ether oxygens (including phenoxy) is 1. The Morgan fingerprint density at radius 3 is 2.56 bits per heavy atom. The molecule has 0 aliphatic carbocycles. The van der Waals surface area contributed by atoms with Gasteiger partial charge in [0.1, 0.15) is 5.75 Å². The van der Waals surface area contributed by atoms with E-state index in [-0.39, 0.29) is 11.8 Å². The van der Waals surface area contributed by atoms with Crippen molar-refractivity contribution in [2.45, 2.75) is 25.8 Å². The van der Waals surface area contributed by atoms with E-state index >= 15 is 0 Å². The Balaban J connectivity index is 1.44. The average molecular weight is 431 g/mol. The van der Waals surface area contributed by atoms with Gasteiger partial charge in [-0.1, -0.05) is 40.2 Å². The number of nitrogens with one attached hydrogen (secondary N) is 1. The van der Waals surface area contributed by atoms with Crippen LogP contribution in [0.4, 0.5) is 0 Å². The molecule has 2 aromatic carbocycles. The molecular weight excluding hydrogens is 404 g/mol. The summed E-state index contributed by atoms with van der Waals surface area (Å²) in [7, 11) is 1.67. The third kappa shape index (κ3) is 6.08. The van der Waals surface area contributed by atoms with Gasteiger partial charge in [0.15, 0.2) is 0 Å². The monoisotopic (exact) mass is 430 g/mol. The van der Waals surface area contributed by atoms with Crippen LogP contribution >= 0.6 is 15.9 Å². The van der Waals surface area contributed by atoms with Crippen LogP contribution in [-0.2, 0) is 17.8 Å². The molecule has 1 atom stereocenters. The number of hydrogen-bond acceptors (Lipinski definition) is 3. The number of piperidine rings is 1. The maximum Gasteiger partial charge on any atom is 0.224 e. The molecule has 1 aliphatic heterocycles. The highest BCUT2D eigenvalue weighted by molar-refractivity contribution is 9.10. The van der Waals surface area contributed by atoms with Gasteiger partial charge < -0.3 is 10.1 Å². The van der Waals surface area contributed by atoms with Crippen LogP contribution in [0.25, 0.3) is 0 Å². The first-order valence-corrected chi connectivity index (χ1v) is 10.3. The molecular formula is C22H27BrN2O2. The highest BCUT2D eigenvalue weighted by Gasteiger charge is 2.25. The third-order valence-corrected chi connectivity index (χ3v) is 5.60. The summed E-state index contributed by atoms with van der Waals surface area (Å²) in [5, 5.41) is 3.12. The van der Waals surface area contributed by atoms with Crippen molar-refractivity contribution in [2.75, 3.05) is 26.7 Å². The molecule has 27 heavy (non-hydrogen) atoms. The number of likely N-dealkylation sites (tertiary alicyclic amines) is 1. The van der Waals surface area contributed by atoms with Crippen molar-refractivity contribution in [2.24, 2.45) is 5.92 Å². The quantitative estimate of drug-likeness (QED) is 0.720. The number of benzene rings is 2. The second-order valence-electron chi connectivity index (χ2n) is 7.09. The molecule has 0 spiro atoms. The van der Waals surface area contributed by atoms with Crippen LogP contribution in [0.15, 0.2) is 53.0 Å². The van der Waals surface area contributed by atoms with Crippen molar-refractivity contribution in [3.05, 3.63) is 64.1 Å². The SMILES string of the molecule is COc1ccc(CCNC(=O)C2CCCN(Cc3ccc(Br)cc3)C2)cc1. The lowest BCUT2D eigenvalue weighted by molar-refractivity contribution is -0.126. The summed E-state index contributed by atoms with van der Waals surface area (Å²) in [6, 6.07) is 16.4. The minimum Gasteiger partial charge on any atom is -0.497 e. The highest BCUT2D eigenvalue weighted by atomic mass is 79.9. The molecule has 0 saturated carbocycles. The topological polar surface area (TPSA) is 41.6 Å². The molecule has 1 N–H and O–H groups in total. The number of halogens is 1. The Bertz CT molecular complexity index is 731. The Hall–Kier alpha value is -1.85. The molecule has 1 unspecified atom stereocenters. The van der Waals surface area contributed by atoms with Gasteiger partial charge in [0.05, 0.1) is 13.0 Å². The smallest absolute Gasteiger partial charge is 0.224 e. The molecule has 144 valence electrons. The lowest BCUT2D eigenvalue weighted by Crippen LogP contribution is -2.43. The molecule has 1 saturated heterocycles. The van der Waals surface area contributed by atoms with Crippen LogP contribution in [-0.4, -0.2) is 37.6 Å². The lowest BCUT2D eigenvalue weighted by atomic mass is 9.96. The Kier molecular flexibility index (Phi) is 7.30. The van der Waals surface area contributed by atoms with Crippen molar-refractivity contribution in [3.63, 3.8) is 0 Å². The Labute approximate surface area is 170 Å². The molecule has 1 heterocycles. The van der Waals surface area contributed by atoms with Crippen LogP contribution < -0.4 is 10.1 Å². The van der Waals surface area contributed by atoms with Gasteiger partial charge in [0.25, 0.3) is 0 Å². The van der Waals surface area contributed by atoms with E-state index in [1.165, 1.54) is 11.1 Å². The fraction of sp³-hybridized carbons (Fsp3) is 0.409. The first kappa shape index (κ1) is 19.9. The van der Waals surface area contributed by atoms with E-state index in [0.717, 1.165) is 49.1 Å². The molecule has 1 aliphatic rings. The standard InChI is InChI=1S/C22H27BrN2O2/c1-27-21-10-6-17(7-11-21)12-13-24-22(26)19-3-2-14-25(16-19)15-18-4-8-20(23)9-5-18/h4-11,19H,2-3,12-16H2,1H3,(H,24,26). The average Bonchev–Trinajstić information content (AvgIpc) is 2.70. The van der Waals surface area contributed by atoms with Gasteiger partial charge in [0.2, 0.25) is 5.91 Å². The van der Waals surface area contributed by atoms with E-state index in [0.29, 0.717) is 6.54 Å². The van der Waals surface area contributed by atoms with E-state index < -0.39 is 0 Å². The van der Waals surface area contributed by atoms with Crippen LogP contribution in [0, 0.1) is 5.92 Å². The zero-order valence-electron chi connectivity index (χ0n) is 15.8. The summed E-state index contributed by atoms with van der Waals surface area (Å²) in [4.78, 5) is 15.0. The summed E-state index contributed by atoms with van der Waals surface area (Å²) < 4.78 is 6.27. The Morgan fingerprint density at radius 2 is 1.85 bits per heavy atom. The van der Waals surface area contributed by atoms with Gasteiger partial charge in [-0.05, 0) is 61.2 Å². The van der Waals surface area contributed by atoms with Gasteiger partial charge in [-0.25, -0.2) is 0 Å². The van der Waals surface area contributed by atoms with Crippen LogP contribution in [0.1, 0.15) is 24.0 Å². The summed E-state index contributed by atoms with van der Waals surface area (Å²) in [5.74, 6) is 1.13. The van der Waals surface area contributed by atoms with E-state index in [1.807, 2.05) is 24.3 Å². The van der Waals surface area contributed by atoms with Crippen molar-refractivity contribution in [1.29, 1.82) is 0 Å². The molecule has 1 fully saturated rings. The third-order valence-electron chi connectivity index (χ3n) is 5.07. The van der Waals surface area contributed by atoms with E-state index in [2.05, 4.69) is 50.4 Å². The zero-order valence-corrected chi connectivity index (χ0v) is 17.4. The molecule has 0 radical (unpaired) electrons. The lowest BCUT2D eigenvalue weighted by Gasteiger charge is -2.32. The number of nitrogens with zero attached hydrogens (tertiary/aromatic N) is 1. The summed E-state index contributed by atoms with van der Waals surface area (Å²) >= 11 is 3.47. The van der Waals surface area contributed by atoms with Gasteiger partial charge in [-0.2, -0.15) is 0 Å². The molecule has 1 amide bonds. The van der Waals surface area contributed by atoms with E-state index in [9.17, 15) is 4.79 Å².